The lowest BCUT2D eigenvalue weighted by atomic mass is 9.92. The quantitative estimate of drug-likeness (QED) is 0.370. The van der Waals surface area contributed by atoms with Crippen LogP contribution in [0.4, 0.5) is 5.82 Å². The summed E-state index contributed by atoms with van der Waals surface area (Å²) in [7, 11) is 3.16. The number of pyridine rings is 2. The van der Waals surface area contributed by atoms with Gasteiger partial charge in [0.25, 0.3) is 0 Å². The maximum Gasteiger partial charge on any atom is 0.303 e. The normalized spacial score (nSPS) is 14.7. The van der Waals surface area contributed by atoms with Gasteiger partial charge in [0.2, 0.25) is 11.8 Å². The van der Waals surface area contributed by atoms with E-state index in [2.05, 4.69) is 26.3 Å². The number of methoxy groups -OCH3 is 1. The van der Waals surface area contributed by atoms with Crippen LogP contribution < -0.4 is 15.8 Å². The number of carboxylic acids is 1. The highest BCUT2D eigenvalue weighted by molar-refractivity contribution is 5.88. The predicted octanol–water partition coefficient (Wildman–Crippen LogP) is 2.92. The fourth-order valence-corrected chi connectivity index (χ4v) is 3.71. The van der Waals surface area contributed by atoms with E-state index in [9.17, 15) is 9.90 Å². The van der Waals surface area contributed by atoms with Crippen LogP contribution in [-0.4, -0.2) is 54.3 Å². The monoisotopic (exact) mass is 453 g/mol. The van der Waals surface area contributed by atoms with Crippen LogP contribution in [0, 0.1) is 0 Å². The number of nitrogens with one attached hydrogen (secondary N) is 1. The van der Waals surface area contributed by atoms with Gasteiger partial charge in [0.05, 0.1) is 20.1 Å². The highest BCUT2D eigenvalue weighted by Gasteiger charge is 2.18. The number of nitrogens with zero attached hydrogens (tertiary/aromatic N) is 3. The Hall–Kier alpha value is -3.62. The van der Waals surface area contributed by atoms with Crippen molar-refractivity contribution >= 4 is 17.7 Å². The van der Waals surface area contributed by atoms with Crippen molar-refractivity contribution in [3.8, 4) is 5.88 Å². The third-order valence-electron chi connectivity index (χ3n) is 5.43. The minimum atomic E-state index is -0.906. The molecule has 0 spiro atoms. The van der Waals surface area contributed by atoms with Crippen LogP contribution in [0.5, 0.6) is 5.88 Å². The third-order valence-corrected chi connectivity index (χ3v) is 5.43. The molecule has 1 aliphatic heterocycles. The molecule has 0 saturated carbocycles. The van der Waals surface area contributed by atoms with E-state index in [0.717, 1.165) is 36.5 Å². The van der Waals surface area contributed by atoms with Gasteiger partial charge in [-0.2, -0.15) is 0 Å². The van der Waals surface area contributed by atoms with Gasteiger partial charge in [-0.15, -0.1) is 0 Å². The Bertz CT molecular complexity index is 1000. The molecule has 9 nitrogen and oxygen atoms in total. The van der Waals surface area contributed by atoms with Gasteiger partial charge >= 0.3 is 5.97 Å². The Kier molecular flexibility index (Phi) is 8.63. The summed E-state index contributed by atoms with van der Waals surface area (Å²) in [4.78, 5) is 24.4. The summed E-state index contributed by atoms with van der Waals surface area (Å²) in [5.74, 6) is 0.586. The molecule has 1 unspecified atom stereocenters. The molecule has 0 radical (unpaired) electrons. The van der Waals surface area contributed by atoms with Crippen LogP contribution in [0.3, 0.4) is 0 Å². The van der Waals surface area contributed by atoms with Gasteiger partial charge < -0.3 is 25.6 Å². The molecule has 0 fully saturated rings. The number of ether oxygens (including phenoxy) is 2. The van der Waals surface area contributed by atoms with Gasteiger partial charge in [0.15, 0.2) is 0 Å². The highest BCUT2D eigenvalue weighted by atomic mass is 16.5. The number of fused-ring (bicyclic) bond motifs is 1. The zero-order chi connectivity index (χ0) is 23.6. The van der Waals surface area contributed by atoms with Crippen molar-refractivity contribution < 1.29 is 19.4 Å². The van der Waals surface area contributed by atoms with Crippen molar-refractivity contribution in [3.63, 3.8) is 0 Å². The molecule has 3 rings (SSSR count). The van der Waals surface area contributed by atoms with Crippen LogP contribution in [0.15, 0.2) is 47.2 Å². The van der Waals surface area contributed by atoms with Gasteiger partial charge in [-0.1, -0.05) is 12.1 Å². The number of hydrogen-bond donors (Lipinski definition) is 3. The molecular formula is C24H31N5O4. The number of allylic oxidation sites excluding steroid dienone is 1. The second-order valence-corrected chi connectivity index (χ2v) is 7.85. The van der Waals surface area contributed by atoms with Crippen LogP contribution in [-0.2, 0) is 22.4 Å². The van der Waals surface area contributed by atoms with Crippen LogP contribution in [0.25, 0.3) is 0 Å². The number of carboxylic acid groups (broad SMARTS) is 1. The van der Waals surface area contributed by atoms with E-state index in [1.165, 1.54) is 12.7 Å². The molecular weight excluding hydrogens is 422 g/mol. The van der Waals surface area contributed by atoms with E-state index in [0.29, 0.717) is 36.9 Å². The van der Waals surface area contributed by atoms with Gasteiger partial charge in [-0.05, 0) is 36.5 Å². The largest absolute Gasteiger partial charge is 0.481 e. The Morgan fingerprint density at radius 3 is 2.88 bits per heavy atom. The summed E-state index contributed by atoms with van der Waals surface area (Å²) in [5.41, 5.74) is 9.68. The standard InChI is InChI=1S/C24H31N5O4/c1-26-22(33-11-9-20-7-5-16-4-3-10-27-24(16)29-20)14-19(25)12-18(13-23(30)31)17-6-8-21(32-2)28-15-17/h5-8,14-15,18H,3-4,9-13,25H2,1-2H3,(H,27,29)(H,30,31). The van der Waals surface area contributed by atoms with Gasteiger partial charge in [-0.3, -0.25) is 9.79 Å². The lowest BCUT2D eigenvalue weighted by Gasteiger charge is -2.17. The molecule has 3 heterocycles. The van der Waals surface area contributed by atoms with E-state index in [-0.39, 0.29) is 12.3 Å². The van der Waals surface area contributed by atoms with Crippen molar-refractivity contribution in [1.82, 2.24) is 9.97 Å². The molecule has 4 N–H and O–H groups in total. The smallest absolute Gasteiger partial charge is 0.303 e. The number of rotatable bonds is 10. The van der Waals surface area contributed by atoms with Crippen LogP contribution >= 0.6 is 0 Å². The molecule has 33 heavy (non-hydrogen) atoms. The molecule has 0 amide bonds. The average molecular weight is 454 g/mol. The molecule has 2 aromatic rings. The van der Waals surface area contributed by atoms with E-state index >= 15 is 0 Å². The number of aliphatic imine (C=N–C) groups is 1. The number of aryl methyl sites for hydroxylation is 1. The number of hydrogen-bond acceptors (Lipinski definition) is 8. The molecule has 176 valence electrons. The Labute approximate surface area is 193 Å². The molecule has 9 heteroatoms. The Morgan fingerprint density at radius 1 is 1.33 bits per heavy atom. The maximum atomic E-state index is 11.4. The minimum Gasteiger partial charge on any atom is -0.481 e. The summed E-state index contributed by atoms with van der Waals surface area (Å²) in [6.07, 6.45) is 6.35. The van der Waals surface area contributed by atoms with Crippen LogP contribution in [0.2, 0.25) is 0 Å². The van der Waals surface area contributed by atoms with Crippen molar-refractivity contribution in [2.24, 2.45) is 10.7 Å². The first-order valence-corrected chi connectivity index (χ1v) is 11.0. The fourth-order valence-electron chi connectivity index (χ4n) is 3.71. The molecule has 0 aromatic carbocycles. The van der Waals surface area contributed by atoms with Crippen molar-refractivity contribution in [1.29, 1.82) is 0 Å². The van der Waals surface area contributed by atoms with E-state index < -0.39 is 5.97 Å². The zero-order valence-corrected chi connectivity index (χ0v) is 19.1. The number of aliphatic carboxylic acids is 1. The highest BCUT2D eigenvalue weighted by Crippen LogP contribution is 2.26. The second kappa shape index (κ2) is 11.8. The van der Waals surface area contributed by atoms with Crippen LogP contribution in [0.1, 0.15) is 42.0 Å². The molecule has 0 bridgehead atoms. The first kappa shape index (κ1) is 24.0. The first-order valence-electron chi connectivity index (χ1n) is 11.0. The molecule has 0 aliphatic carbocycles. The summed E-state index contributed by atoms with van der Waals surface area (Å²) in [6, 6.07) is 7.66. The summed E-state index contributed by atoms with van der Waals surface area (Å²) >= 11 is 0. The SMILES string of the molecule is CN=C(C=C(N)CC(CC(=O)O)c1ccc(OC)nc1)OCCc1ccc2c(n1)NCCC2. The fraction of sp³-hybridized carbons (Fsp3) is 0.417. The average Bonchev–Trinajstić information content (AvgIpc) is 2.82. The number of aromatic nitrogens is 2. The van der Waals surface area contributed by atoms with Crippen molar-refractivity contribution in [2.45, 2.75) is 38.0 Å². The summed E-state index contributed by atoms with van der Waals surface area (Å²) in [6.45, 7) is 1.36. The van der Waals surface area contributed by atoms with E-state index in [1.807, 2.05) is 6.07 Å². The van der Waals surface area contributed by atoms with Gasteiger partial charge in [0.1, 0.15) is 5.82 Å². The lowest BCUT2D eigenvalue weighted by molar-refractivity contribution is -0.137. The second-order valence-electron chi connectivity index (χ2n) is 7.85. The molecule has 1 atom stereocenters. The third kappa shape index (κ3) is 7.20. The topological polar surface area (TPSA) is 132 Å². The number of anilines is 1. The van der Waals surface area contributed by atoms with E-state index in [1.54, 1.807) is 31.5 Å². The van der Waals surface area contributed by atoms with E-state index in [4.69, 9.17) is 15.2 Å². The minimum absolute atomic E-state index is 0.0694. The summed E-state index contributed by atoms with van der Waals surface area (Å²) in [5, 5.41) is 12.7. The zero-order valence-electron chi connectivity index (χ0n) is 19.1. The molecule has 2 aromatic heterocycles. The Morgan fingerprint density at radius 2 is 2.18 bits per heavy atom. The van der Waals surface area contributed by atoms with Gasteiger partial charge in [0, 0.05) is 55.7 Å². The lowest BCUT2D eigenvalue weighted by Crippen LogP contribution is -2.15. The van der Waals surface area contributed by atoms with Gasteiger partial charge in [-0.25, -0.2) is 9.97 Å². The van der Waals surface area contributed by atoms with Crippen molar-refractivity contribution in [3.05, 3.63) is 59.1 Å². The summed E-state index contributed by atoms with van der Waals surface area (Å²) < 4.78 is 10.9. The molecule has 1 aliphatic rings. The predicted molar refractivity (Wildman–Crippen MR) is 127 cm³/mol. The number of carbonyl (C=O) groups is 1. The Balaban J connectivity index is 1.58. The number of nitrogens with two attached hydrogens (primary N) is 1. The maximum absolute atomic E-state index is 11.4. The first-order chi connectivity index (χ1) is 16.0. The molecule has 0 saturated heterocycles. The van der Waals surface area contributed by atoms with Crippen molar-refractivity contribution in [2.75, 3.05) is 32.6 Å².